The maximum Gasteiger partial charge on any atom is 0.271 e. The van der Waals surface area contributed by atoms with E-state index in [2.05, 4.69) is 15.3 Å². The van der Waals surface area contributed by atoms with Crippen LogP contribution in [0.5, 0.6) is 11.5 Å². The summed E-state index contributed by atoms with van der Waals surface area (Å²) in [7, 11) is 4.16. The second-order valence-corrected chi connectivity index (χ2v) is 9.73. The van der Waals surface area contributed by atoms with Crippen molar-refractivity contribution in [2.75, 3.05) is 14.2 Å². The minimum atomic E-state index is -4.28. The normalized spacial score (nSPS) is 13.3. The predicted molar refractivity (Wildman–Crippen MR) is 129 cm³/mol. The molecule has 1 aromatic heterocycles. The first-order valence-corrected chi connectivity index (χ1v) is 12.6. The van der Waals surface area contributed by atoms with Crippen LogP contribution in [0.2, 0.25) is 0 Å². The van der Waals surface area contributed by atoms with Crippen LogP contribution in [-0.2, 0) is 18.5 Å². The van der Waals surface area contributed by atoms with Gasteiger partial charge in [0.15, 0.2) is 18.3 Å². The van der Waals surface area contributed by atoms with Crippen LogP contribution in [-0.4, -0.2) is 45.0 Å². The molecule has 0 bridgehead atoms. The Morgan fingerprint density at radius 1 is 1.00 bits per heavy atom. The Balaban J connectivity index is 2.11. The minimum Gasteiger partial charge on any atom is -0.464 e. The van der Waals surface area contributed by atoms with Crippen molar-refractivity contribution in [2.45, 2.75) is 31.3 Å². The van der Waals surface area contributed by atoms with E-state index in [4.69, 9.17) is 29.6 Å². The van der Waals surface area contributed by atoms with Crippen molar-refractivity contribution < 1.29 is 27.4 Å². The number of hydrogen-bond donors (Lipinski definition) is 1. The first-order chi connectivity index (χ1) is 17.1. The van der Waals surface area contributed by atoms with E-state index in [-0.39, 0.29) is 38.9 Å². The fourth-order valence-electron chi connectivity index (χ4n) is 2.91. The highest BCUT2D eigenvalue weighted by Crippen LogP contribution is 2.40. The summed E-state index contributed by atoms with van der Waals surface area (Å²) in [5.41, 5.74) is 0.369. The highest BCUT2D eigenvalue weighted by Gasteiger charge is 2.24. The Labute approximate surface area is 211 Å². The number of halogens is 1. The van der Waals surface area contributed by atoms with Crippen molar-refractivity contribution in [1.82, 2.24) is 9.78 Å². The molecule has 190 valence electrons. The Bertz CT molecular complexity index is 1480. The Morgan fingerprint density at radius 2 is 1.64 bits per heavy atom. The summed E-state index contributed by atoms with van der Waals surface area (Å²) < 4.78 is 47.2. The summed E-state index contributed by atoms with van der Waals surface area (Å²) in [6.45, 7) is 3.17. The largest absolute Gasteiger partial charge is 0.464 e. The fourth-order valence-corrected chi connectivity index (χ4v) is 3.87. The molecule has 0 amide bonds. The molecule has 2 aromatic carbocycles. The number of azo groups is 1. The minimum absolute atomic E-state index is 0.0240. The summed E-state index contributed by atoms with van der Waals surface area (Å²) in [4.78, 5) is 11.5. The van der Waals surface area contributed by atoms with Gasteiger partial charge in [-0.3, -0.25) is 9.89 Å². The quantitative estimate of drug-likeness (QED) is 0.230. The van der Waals surface area contributed by atoms with Gasteiger partial charge in [0.2, 0.25) is 0 Å². The zero-order chi connectivity index (χ0) is 26.5. The van der Waals surface area contributed by atoms with E-state index in [0.29, 0.717) is 5.69 Å². The third-order valence-corrected chi connectivity index (χ3v) is 6.15. The van der Waals surface area contributed by atoms with Gasteiger partial charge in [-0.1, -0.05) is 0 Å². The maximum atomic E-state index is 12.3. The number of methoxy groups -OCH3 is 2. The van der Waals surface area contributed by atoms with E-state index in [1.54, 1.807) is 19.9 Å². The summed E-state index contributed by atoms with van der Waals surface area (Å²) in [6, 6.07) is 10.2. The number of H-pyrrole nitrogens is 1. The van der Waals surface area contributed by atoms with Gasteiger partial charge in [0.25, 0.3) is 14.6 Å². The Morgan fingerprint density at radius 3 is 2.19 bits per heavy atom. The second-order valence-electron chi connectivity index (χ2n) is 7.20. The van der Waals surface area contributed by atoms with Gasteiger partial charge in [0, 0.05) is 43.2 Å². The summed E-state index contributed by atoms with van der Waals surface area (Å²) in [5, 5.41) is 20.5. The molecule has 1 N–H and O–H groups in total. The molecular weight excluding hydrogens is 514 g/mol. The topological polar surface area (TPSA) is 157 Å². The molecule has 0 aliphatic carbocycles. The number of benzene rings is 2. The lowest BCUT2D eigenvalue weighted by molar-refractivity contribution is -0.0434. The molecule has 0 aliphatic rings. The summed E-state index contributed by atoms with van der Waals surface area (Å²) in [5.74, 6) is -0.0569. The van der Waals surface area contributed by atoms with Gasteiger partial charge in [0.05, 0.1) is 11.3 Å². The van der Waals surface area contributed by atoms with Crippen LogP contribution in [0.15, 0.2) is 62.5 Å². The molecule has 0 fully saturated rings. The molecule has 36 heavy (non-hydrogen) atoms. The Kier molecular flexibility index (Phi) is 8.49. The van der Waals surface area contributed by atoms with Crippen molar-refractivity contribution in [1.29, 1.82) is 5.26 Å². The van der Waals surface area contributed by atoms with Crippen molar-refractivity contribution in [3.8, 4) is 23.3 Å². The first kappa shape index (κ1) is 26.9. The van der Waals surface area contributed by atoms with Gasteiger partial charge < -0.3 is 18.9 Å². The molecule has 12 nitrogen and oxygen atoms in total. The Hall–Kier alpha value is -3.70. The average Bonchev–Trinajstić information content (AvgIpc) is 3.28. The number of nitriles is 1. The van der Waals surface area contributed by atoms with Crippen LogP contribution in [0.3, 0.4) is 0 Å². The summed E-state index contributed by atoms with van der Waals surface area (Å²) in [6.07, 6.45) is -0.0715. The van der Waals surface area contributed by atoms with Gasteiger partial charge in [-0.05, 0) is 38.1 Å². The SMILES string of the molecule is COC(C)Oc1cc(OC(C)OC)c(S(=O)(=O)Cl)cc1/N=N/c1ccc(-n2[nH]ccc2=O)cc1C#N. The molecule has 0 saturated heterocycles. The van der Waals surface area contributed by atoms with E-state index in [9.17, 15) is 18.5 Å². The number of rotatable bonds is 10. The standard InChI is InChI=1S/C22H22ClN5O7S/c1-13(32-3)34-19-11-20(35-14(2)33-4)21(36(23,30)31)10-18(19)27-26-17-6-5-16(9-15(17)12-24)28-22(29)7-8-25-28/h5-11,13-14,25H,1-4H3/b27-26+. The monoisotopic (exact) mass is 535 g/mol. The molecule has 2 atom stereocenters. The van der Waals surface area contributed by atoms with Gasteiger partial charge >= 0.3 is 0 Å². The van der Waals surface area contributed by atoms with E-state index < -0.39 is 21.6 Å². The number of aromatic nitrogens is 2. The highest BCUT2D eigenvalue weighted by atomic mass is 35.7. The van der Waals surface area contributed by atoms with Crippen LogP contribution in [0.1, 0.15) is 19.4 Å². The van der Waals surface area contributed by atoms with Crippen molar-refractivity contribution in [2.24, 2.45) is 10.2 Å². The molecule has 3 aromatic rings. The molecule has 3 rings (SSSR count). The maximum absolute atomic E-state index is 12.3. The molecule has 0 saturated carbocycles. The molecule has 0 radical (unpaired) electrons. The van der Waals surface area contributed by atoms with E-state index in [0.717, 1.165) is 6.07 Å². The van der Waals surface area contributed by atoms with E-state index in [1.807, 2.05) is 6.07 Å². The van der Waals surface area contributed by atoms with Crippen LogP contribution in [0.25, 0.3) is 5.69 Å². The molecular formula is C22H22ClN5O7S. The van der Waals surface area contributed by atoms with E-state index >= 15 is 0 Å². The number of nitrogens with zero attached hydrogens (tertiary/aromatic N) is 4. The van der Waals surface area contributed by atoms with Crippen molar-refractivity contribution >= 4 is 31.1 Å². The van der Waals surface area contributed by atoms with E-state index in [1.165, 1.54) is 49.4 Å². The average molecular weight is 536 g/mol. The molecule has 2 unspecified atom stereocenters. The zero-order valence-electron chi connectivity index (χ0n) is 19.6. The smallest absolute Gasteiger partial charge is 0.271 e. The first-order valence-electron chi connectivity index (χ1n) is 10.3. The lowest BCUT2D eigenvalue weighted by Crippen LogP contribution is -2.16. The number of ether oxygens (including phenoxy) is 4. The number of hydrogen-bond acceptors (Lipinski definition) is 10. The molecule has 1 heterocycles. The molecule has 0 aliphatic heterocycles. The van der Waals surface area contributed by atoms with Crippen molar-refractivity contribution in [3.63, 3.8) is 0 Å². The van der Waals surface area contributed by atoms with Crippen LogP contribution in [0.4, 0.5) is 11.4 Å². The van der Waals surface area contributed by atoms with Crippen LogP contribution in [0, 0.1) is 11.3 Å². The van der Waals surface area contributed by atoms with Gasteiger partial charge in [-0.25, -0.2) is 13.1 Å². The van der Waals surface area contributed by atoms with Crippen LogP contribution >= 0.6 is 10.7 Å². The van der Waals surface area contributed by atoms with Crippen LogP contribution < -0.4 is 15.0 Å². The van der Waals surface area contributed by atoms with Gasteiger partial charge in [-0.2, -0.15) is 5.26 Å². The predicted octanol–water partition coefficient (Wildman–Crippen LogP) is 4.12. The molecule has 14 heteroatoms. The molecule has 0 spiro atoms. The zero-order valence-corrected chi connectivity index (χ0v) is 21.2. The third kappa shape index (κ3) is 6.29. The second kappa shape index (κ2) is 11.4. The van der Waals surface area contributed by atoms with Gasteiger partial charge in [-0.15, -0.1) is 10.2 Å². The fraction of sp³-hybridized carbons (Fsp3) is 0.273. The van der Waals surface area contributed by atoms with Crippen molar-refractivity contribution in [3.05, 3.63) is 58.5 Å². The highest BCUT2D eigenvalue weighted by molar-refractivity contribution is 8.13. The van der Waals surface area contributed by atoms with Gasteiger partial charge in [0.1, 0.15) is 28.1 Å². The third-order valence-electron chi connectivity index (χ3n) is 4.81. The number of aromatic amines is 1. The lowest BCUT2D eigenvalue weighted by Gasteiger charge is -2.19. The summed E-state index contributed by atoms with van der Waals surface area (Å²) >= 11 is 0. The number of nitrogens with one attached hydrogen (secondary N) is 1. The lowest BCUT2D eigenvalue weighted by atomic mass is 10.2.